The molecule has 7 nitrogen and oxygen atoms in total. The van der Waals surface area contributed by atoms with E-state index in [1.165, 1.54) is 22.4 Å². The van der Waals surface area contributed by atoms with E-state index in [1.54, 1.807) is 11.3 Å². The van der Waals surface area contributed by atoms with Gasteiger partial charge in [-0.25, -0.2) is 9.67 Å². The number of carbonyl (C=O) groups is 1. The zero-order chi connectivity index (χ0) is 24.2. The van der Waals surface area contributed by atoms with Crippen molar-refractivity contribution >= 4 is 33.1 Å². The molecule has 0 aliphatic carbocycles. The van der Waals surface area contributed by atoms with Crippen LogP contribution in [0.3, 0.4) is 0 Å². The van der Waals surface area contributed by atoms with E-state index < -0.39 is 5.91 Å². The lowest BCUT2D eigenvalue weighted by atomic mass is 10.2. The van der Waals surface area contributed by atoms with E-state index in [1.807, 2.05) is 60.7 Å². The number of aromatic nitrogens is 3. The monoisotopic (exact) mass is 482 g/mol. The minimum atomic E-state index is -0.397. The zero-order valence-electron chi connectivity index (χ0n) is 19.0. The van der Waals surface area contributed by atoms with Crippen molar-refractivity contribution in [1.82, 2.24) is 14.8 Å². The van der Waals surface area contributed by atoms with Crippen molar-refractivity contribution in [3.63, 3.8) is 0 Å². The smallest absolute Gasteiger partial charge is 0.276 e. The fraction of sp³-hybridized carbons (Fsp3) is 0.111. The summed E-state index contributed by atoms with van der Waals surface area (Å²) in [5.74, 6) is 0.310. The van der Waals surface area contributed by atoms with Gasteiger partial charge in [0.25, 0.3) is 11.5 Å². The van der Waals surface area contributed by atoms with E-state index >= 15 is 0 Å². The lowest BCUT2D eigenvalue weighted by molar-refractivity contribution is 0.101. The molecule has 0 saturated carbocycles. The quantitative estimate of drug-likeness (QED) is 0.346. The number of nitrogens with one attached hydrogen (secondary N) is 1. The van der Waals surface area contributed by atoms with Gasteiger partial charge in [0.15, 0.2) is 0 Å². The molecule has 0 atom stereocenters. The van der Waals surface area contributed by atoms with Crippen molar-refractivity contribution < 1.29 is 9.53 Å². The molecule has 0 saturated heterocycles. The molecular formula is C27H22N4O3S. The number of benzene rings is 3. The third-order valence-corrected chi connectivity index (χ3v) is 6.42. The number of hydrogen-bond donors (Lipinski definition) is 1. The molecule has 0 bridgehead atoms. The molecular weight excluding hydrogens is 460 g/mol. The van der Waals surface area contributed by atoms with Crippen LogP contribution in [0.15, 0.2) is 89.7 Å². The van der Waals surface area contributed by atoms with Crippen LogP contribution in [0.4, 0.5) is 5.69 Å². The predicted molar refractivity (Wildman–Crippen MR) is 138 cm³/mol. The van der Waals surface area contributed by atoms with Gasteiger partial charge in [0.2, 0.25) is 0 Å². The van der Waals surface area contributed by atoms with Gasteiger partial charge in [-0.3, -0.25) is 9.59 Å². The summed E-state index contributed by atoms with van der Waals surface area (Å²) < 4.78 is 8.01. The number of anilines is 1. The maximum atomic E-state index is 12.7. The number of amides is 1. The highest BCUT2D eigenvalue weighted by atomic mass is 32.1. The average Bonchev–Trinajstić information content (AvgIpc) is 3.29. The number of para-hydroxylation sites is 1. The number of hydrogen-bond acceptors (Lipinski definition) is 6. The van der Waals surface area contributed by atoms with Gasteiger partial charge in [-0.2, -0.15) is 5.10 Å². The minimum Gasteiger partial charge on any atom is -0.492 e. The van der Waals surface area contributed by atoms with Crippen LogP contribution in [0.1, 0.15) is 16.1 Å². The van der Waals surface area contributed by atoms with Crippen molar-refractivity contribution in [2.24, 2.45) is 0 Å². The van der Waals surface area contributed by atoms with E-state index in [0.717, 1.165) is 20.8 Å². The summed E-state index contributed by atoms with van der Waals surface area (Å²) in [6.07, 6.45) is 0. The van der Waals surface area contributed by atoms with Crippen LogP contribution in [0, 0.1) is 6.92 Å². The van der Waals surface area contributed by atoms with E-state index in [9.17, 15) is 9.59 Å². The van der Waals surface area contributed by atoms with Crippen LogP contribution >= 0.6 is 11.3 Å². The van der Waals surface area contributed by atoms with E-state index in [4.69, 9.17) is 9.72 Å². The van der Waals surface area contributed by atoms with Gasteiger partial charge in [-0.05, 0) is 67.1 Å². The Labute approximate surface area is 205 Å². The molecule has 0 unspecified atom stereocenters. The van der Waals surface area contributed by atoms with Crippen molar-refractivity contribution in [1.29, 1.82) is 0 Å². The van der Waals surface area contributed by atoms with E-state index in [-0.39, 0.29) is 24.4 Å². The number of nitrogens with zero attached hydrogens (tertiary/aromatic N) is 3. The highest BCUT2D eigenvalue weighted by Crippen LogP contribution is 2.31. The van der Waals surface area contributed by atoms with Crippen LogP contribution in [-0.2, 0) is 6.54 Å². The molecule has 0 fully saturated rings. The molecule has 2 aromatic heterocycles. The summed E-state index contributed by atoms with van der Waals surface area (Å²) in [6.45, 7) is 2.55. The van der Waals surface area contributed by atoms with Crippen LogP contribution in [0.5, 0.6) is 5.75 Å². The topological polar surface area (TPSA) is 86.1 Å². The van der Waals surface area contributed by atoms with Crippen LogP contribution in [0.25, 0.3) is 20.8 Å². The molecule has 5 rings (SSSR count). The summed E-state index contributed by atoms with van der Waals surface area (Å²) >= 11 is 1.64. The van der Waals surface area contributed by atoms with Crippen LogP contribution in [0.2, 0.25) is 0 Å². The first-order chi connectivity index (χ1) is 17.0. The first-order valence-corrected chi connectivity index (χ1v) is 11.9. The largest absolute Gasteiger partial charge is 0.492 e. The number of aryl methyl sites for hydroxylation is 1. The number of rotatable bonds is 7. The number of fused-ring (bicyclic) bond motifs is 1. The molecule has 5 aromatic rings. The first kappa shape index (κ1) is 22.5. The molecule has 3 aromatic carbocycles. The van der Waals surface area contributed by atoms with Gasteiger partial charge in [0.05, 0.1) is 16.8 Å². The number of ether oxygens (including phenoxy) is 1. The molecule has 8 heteroatoms. The molecule has 35 heavy (non-hydrogen) atoms. The normalized spacial score (nSPS) is 10.9. The third kappa shape index (κ3) is 5.28. The van der Waals surface area contributed by atoms with Crippen molar-refractivity contribution in [2.45, 2.75) is 13.5 Å². The Kier molecular flexibility index (Phi) is 6.36. The lowest BCUT2D eigenvalue weighted by Gasteiger charge is -2.09. The molecule has 0 aliphatic heterocycles. The molecule has 1 N–H and O–H groups in total. The molecule has 0 aliphatic rings. The number of carbonyl (C=O) groups excluding carboxylic acids is 1. The Morgan fingerprint density at radius 1 is 1.00 bits per heavy atom. The third-order valence-electron chi connectivity index (χ3n) is 5.35. The summed E-state index contributed by atoms with van der Waals surface area (Å²) in [5, 5.41) is 7.96. The van der Waals surface area contributed by atoms with Gasteiger partial charge < -0.3 is 10.1 Å². The molecule has 0 spiro atoms. The molecule has 2 heterocycles. The average molecular weight is 483 g/mol. The van der Waals surface area contributed by atoms with Gasteiger partial charge in [0, 0.05) is 17.3 Å². The van der Waals surface area contributed by atoms with Crippen LogP contribution < -0.4 is 15.6 Å². The predicted octanol–water partition coefficient (Wildman–Crippen LogP) is 5.16. The summed E-state index contributed by atoms with van der Waals surface area (Å²) in [6, 6.07) is 25.8. The fourth-order valence-corrected chi connectivity index (χ4v) is 4.61. The zero-order valence-corrected chi connectivity index (χ0v) is 19.8. The Hall–Kier alpha value is -4.30. The van der Waals surface area contributed by atoms with Gasteiger partial charge in [0.1, 0.15) is 23.1 Å². The van der Waals surface area contributed by atoms with Gasteiger partial charge in [-0.1, -0.05) is 24.3 Å². The van der Waals surface area contributed by atoms with E-state index in [0.29, 0.717) is 11.4 Å². The fourth-order valence-electron chi connectivity index (χ4n) is 3.54. The number of thiazole rings is 1. The maximum Gasteiger partial charge on any atom is 0.276 e. The Bertz CT molecular complexity index is 1540. The SMILES string of the molecule is Cc1ccc2nc(-c3ccc(NC(=O)c4ccc(=O)n(CCOc5ccccc5)n4)cc3)sc2c1. The van der Waals surface area contributed by atoms with Crippen LogP contribution in [-0.4, -0.2) is 27.3 Å². The summed E-state index contributed by atoms with van der Waals surface area (Å²) in [5.41, 5.74) is 3.64. The van der Waals surface area contributed by atoms with Gasteiger partial charge >= 0.3 is 0 Å². The molecule has 0 radical (unpaired) electrons. The van der Waals surface area contributed by atoms with E-state index in [2.05, 4.69) is 29.5 Å². The van der Waals surface area contributed by atoms with Crippen molar-refractivity contribution in [3.8, 4) is 16.3 Å². The second kappa shape index (κ2) is 9.90. The second-order valence-corrected chi connectivity index (χ2v) is 8.99. The maximum absolute atomic E-state index is 12.7. The van der Waals surface area contributed by atoms with Crippen molar-refractivity contribution in [3.05, 3.63) is 107 Å². The van der Waals surface area contributed by atoms with Crippen molar-refractivity contribution in [2.75, 3.05) is 11.9 Å². The highest BCUT2D eigenvalue weighted by Gasteiger charge is 2.12. The minimum absolute atomic E-state index is 0.148. The first-order valence-electron chi connectivity index (χ1n) is 11.1. The summed E-state index contributed by atoms with van der Waals surface area (Å²) in [7, 11) is 0. The summed E-state index contributed by atoms with van der Waals surface area (Å²) in [4.78, 5) is 29.6. The van der Waals surface area contributed by atoms with Gasteiger partial charge in [-0.15, -0.1) is 11.3 Å². The molecule has 1 amide bonds. The highest BCUT2D eigenvalue weighted by molar-refractivity contribution is 7.21. The second-order valence-electron chi connectivity index (χ2n) is 7.96. The molecule has 174 valence electrons. The Balaban J connectivity index is 1.25. The lowest BCUT2D eigenvalue weighted by Crippen LogP contribution is -2.28. The Morgan fingerprint density at radius 3 is 2.60 bits per heavy atom. The standard InChI is InChI=1S/C27H22N4O3S/c1-18-7-12-22-24(17-18)35-27(29-22)19-8-10-20(11-9-19)28-26(33)23-13-14-25(32)31(30-23)15-16-34-21-5-3-2-4-6-21/h2-14,17H,15-16H2,1H3,(H,28,33). The Morgan fingerprint density at radius 2 is 1.80 bits per heavy atom.